The van der Waals surface area contributed by atoms with E-state index in [1.165, 1.54) is 0 Å². The van der Waals surface area contributed by atoms with Crippen LogP contribution in [0.2, 0.25) is 0 Å². The minimum atomic E-state index is 0.0752. The molecule has 1 aromatic carbocycles. The predicted octanol–water partition coefficient (Wildman–Crippen LogP) is 2.17. The molecule has 1 N–H and O–H groups in total. The quantitative estimate of drug-likeness (QED) is 0.803. The molecule has 0 atom stereocenters. The maximum Gasteiger partial charge on any atom is 0.121 e. The fourth-order valence-corrected chi connectivity index (χ4v) is 1.82. The Balaban J connectivity index is 3.03. The lowest BCUT2D eigenvalue weighted by Crippen LogP contribution is -2.28. The van der Waals surface area contributed by atoms with E-state index in [4.69, 9.17) is 15.1 Å². The van der Waals surface area contributed by atoms with Crippen LogP contribution in [0.15, 0.2) is 18.2 Å². The Bertz CT molecular complexity index is 413. The van der Waals surface area contributed by atoms with Crippen LogP contribution in [0.5, 0.6) is 5.75 Å². The van der Waals surface area contributed by atoms with E-state index in [2.05, 4.69) is 13.0 Å². The summed E-state index contributed by atoms with van der Waals surface area (Å²) in [5.74, 6) is 0.725. The summed E-state index contributed by atoms with van der Waals surface area (Å²) >= 11 is 0. The summed E-state index contributed by atoms with van der Waals surface area (Å²) in [4.78, 5) is 2.03. The third kappa shape index (κ3) is 3.64. The van der Waals surface area contributed by atoms with Crippen molar-refractivity contribution in [3.8, 4) is 11.8 Å². The van der Waals surface area contributed by atoms with Crippen molar-refractivity contribution in [2.75, 3.05) is 31.7 Å². The summed E-state index contributed by atoms with van der Waals surface area (Å²) in [5, 5.41) is 18.3. The Morgan fingerprint density at radius 1 is 1.39 bits per heavy atom. The fourth-order valence-electron chi connectivity index (χ4n) is 1.82. The number of aliphatic hydroxyl groups excluding tert-OH is 1. The van der Waals surface area contributed by atoms with Gasteiger partial charge >= 0.3 is 0 Å². The standard InChI is InChI=1S/C14H20N2O2/c1-3-4-7-16(8-9-17)14-10-13(18-2)6-5-12(14)11-15/h5-6,10,17H,3-4,7-9H2,1-2H3. The summed E-state index contributed by atoms with van der Waals surface area (Å²) < 4.78 is 5.19. The van der Waals surface area contributed by atoms with Crippen LogP contribution in [0, 0.1) is 11.3 Å². The first kappa shape index (κ1) is 14.3. The van der Waals surface area contributed by atoms with Gasteiger partial charge in [0, 0.05) is 19.2 Å². The molecule has 18 heavy (non-hydrogen) atoms. The van der Waals surface area contributed by atoms with Crippen LogP contribution in [0.4, 0.5) is 5.69 Å². The van der Waals surface area contributed by atoms with Gasteiger partial charge in [-0.05, 0) is 18.6 Å². The topological polar surface area (TPSA) is 56.5 Å². The maximum atomic E-state index is 9.14. The average Bonchev–Trinajstić information content (AvgIpc) is 2.42. The number of benzene rings is 1. The molecule has 1 aromatic rings. The van der Waals surface area contributed by atoms with Gasteiger partial charge in [-0.15, -0.1) is 0 Å². The van der Waals surface area contributed by atoms with Crippen LogP contribution in [-0.4, -0.2) is 31.9 Å². The highest BCUT2D eigenvalue weighted by molar-refractivity contribution is 5.62. The minimum absolute atomic E-state index is 0.0752. The molecule has 0 unspecified atom stereocenters. The predicted molar refractivity (Wildman–Crippen MR) is 71.9 cm³/mol. The average molecular weight is 248 g/mol. The van der Waals surface area contributed by atoms with Crippen molar-refractivity contribution in [3.05, 3.63) is 23.8 Å². The summed E-state index contributed by atoms with van der Waals surface area (Å²) in [6.45, 7) is 3.56. The zero-order chi connectivity index (χ0) is 13.4. The number of nitrogens with zero attached hydrogens (tertiary/aromatic N) is 2. The second kappa shape index (κ2) is 7.57. The SMILES string of the molecule is CCCCN(CCO)c1cc(OC)ccc1C#N. The van der Waals surface area contributed by atoms with Gasteiger partial charge in [0.2, 0.25) is 0 Å². The minimum Gasteiger partial charge on any atom is -0.497 e. The van der Waals surface area contributed by atoms with Gasteiger partial charge in [0.15, 0.2) is 0 Å². The van der Waals surface area contributed by atoms with Crippen molar-refractivity contribution in [3.63, 3.8) is 0 Å². The van der Waals surface area contributed by atoms with E-state index in [-0.39, 0.29) is 6.61 Å². The largest absolute Gasteiger partial charge is 0.497 e. The number of methoxy groups -OCH3 is 1. The molecule has 0 aliphatic rings. The third-order valence-corrected chi connectivity index (χ3v) is 2.82. The van der Waals surface area contributed by atoms with E-state index in [0.717, 1.165) is 30.8 Å². The number of ether oxygens (including phenoxy) is 1. The van der Waals surface area contributed by atoms with E-state index in [1.54, 1.807) is 19.2 Å². The first-order valence-corrected chi connectivity index (χ1v) is 6.20. The molecule has 0 radical (unpaired) electrons. The van der Waals surface area contributed by atoms with Crippen LogP contribution in [0.25, 0.3) is 0 Å². The van der Waals surface area contributed by atoms with E-state index in [1.807, 2.05) is 11.0 Å². The zero-order valence-corrected chi connectivity index (χ0v) is 11.0. The maximum absolute atomic E-state index is 9.14. The normalized spacial score (nSPS) is 9.89. The van der Waals surface area contributed by atoms with Crippen molar-refractivity contribution in [2.45, 2.75) is 19.8 Å². The Hall–Kier alpha value is -1.73. The molecule has 0 bridgehead atoms. The number of nitriles is 1. The van der Waals surface area contributed by atoms with Crippen LogP contribution >= 0.6 is 0 Å². The summed E-state index contributed by atoms with van der Waals surface area (Å²) in [6.07, 6.45) is 2.11. The van der Waals surface area contributed by atoms with Gasteiger partial charge in [0.25, 0.3) is 0 Å². The van der Waals surface area contributed by atoms with E-state index < -0.39 is 0 Å². The molecule has 0 aromatic heterocycles. The van der Waals surface area contributed by atoms with Gasteiger partial charge in [-0.1, -0.05) is 13.3 Å². The summed E-state index contributed by atoms with van der Waals surface area (Å²) in [7, 11) is 1.60. The zero-order valence-electron chi connectivity index (χ0n) is 11.0. The second-order valence-corrected chi connectivity index (χ2v) is 4.06. The van der Waals surface area contributed by atoms with Gasteiger partial charge in [-0.25, -0.2) is 0 Å². The lowest BCUT2D eigenvalue weighted by Gasteiger charge is -2.25. The van der Waals surface area contributed by atoms with Crippen molar-refractivity contribution in [2.24, 2.45) is 0 Å². The van der Waals surface area contributed by atoms with Crippen LogP contribution in [0.1, 0.15) is 25.3 Å². The first-order valence-electron chi connectivity index (χ1n) is 6.20. The highest BCUT2D eigenvalue weighted by Crippen LogP contribution is 2.25. The van der Waals surface area contributed by atoms with E-state index in [0.29, 0.717) is 12.1 Å². The number of unbranched alkanes of at least 4 members (excludes halogenated alkanes) is 1. The molecule has 1 rings (SSSR count). The molecule has 4 heteroatoms. The first-order chi connectivity index (χ1) is 8.76. The lowest BCUT2D eigenvalue weighted by atomic mass is 10.1. The molecule has 0 heterocycles. The number of hydrogen-bond acceptors (Lipinski definition) is 4. The Morgan fingerprint density at radius 2 is 2.17 bits per heavy atom. The highest BCUT2D eigenvalue weighted by Gasteiger charge is 2.11. The molecule has 98 valence electrons. The number of anilines is 1. The van der Waals surface area contributed by atoms with Gasteiger partial charge in [0.1, 0.15) is 11.8 Å². The van der Waals surface area contributed by atoms with Crippen LogP contribution < -0.4 is 9.64 Å². The molecule has 0 spiro atoms. The summed E-state index contributed by atoms with van der Waals surface area (Å²) in [5.41, 5.74) is 1.44. The van der Waals surface area contributed by atoms with Crippen LogP contribution in [0.3, 0.4) is 0 Å². The Kier molecular flexibility index (Phi) is 6.03. The molecule has 4 nitrogen and oxygen atoms in total. The summed E-state index contributed by atoms with van der Waals surface area (Å²) in [6, 6.07) is 7.57. The van der Waals surface area contributed by atoms with E-state index >= 15 is 0 Å². The monoisotopic (exact) mass is 248 g/mol. The molecule has 0 saturated carbocycles. The van der Waals surface area contributed by atoms with Crippen molar-refractivity contribution in [1.82, 2.24) is 0 Å². The molecule has 0 saturated heterocycles. The molecule has 0 aliphatic carbocycles. The number of aliphatic hydroxyl groups is 1. The van der Waals surface area contributed by atoms with Gasteiger partial charge in [0.05, 0.1) is 25.0 Å². The van der Waals surface area contributed by atoms with Gasteiger partial charge in [-0.3, -0.25) is 0 Å². The van der Waals surface area contributed by atoms with Gasteiger partial charge < -0.3 is 14.7 Å². The number of rotatable bonds is 7. The molecule has 0 amide bonds. The molecule has 0 aliphatic heterocycles. The van der Waals surface area contributed by atoms with Crippen molar-refractivity contribution >= 4 is 5.69 Å². The highest BCUT2D eigenvalue weighted by atomic mass is 16.5. The van der Waals surface area contributed by atoms with Crippen molar-refractivity contribution in [1.29, 1.82) is 5.26 Å². The fraction of sp³-hybridized carbons (Fsp3) is 0.500. The lowest BCUT2D eigenvalue weighted by molar-refractivity contribution is 0.301. The van der Waals surface area contributed by atoms with Crippen LogP contribution in [-0.2, 0) is 0 Å². The molecule has 0 fully saturated rings. The molecular formula is C14H20N2O2. The number of hydrogen-bond donors (Lipinski definition) is 1. The Morgan fingerprint density at radius 3 is 2.72 bits per heavy atom. The molecular weight excluding hydrogens is 228 g/mol. The van der Waals surface area contributed by atoms with E-state index in [9.17, 15) is 0 Å². The second-order valence-electron chi connectivity index (χ2n) is 4.06. The smallest absolute Gasteiger partial charge is 0.121 e. The third-order valence-electron chi connectivity index (χ3n) is 2.82. The van der Waals surface area contributed by atoms with Crippen molar-refractivity contribution < 1.29 is 9.84 Å². The Labute approximate surface area is 108 Å². The van der Waals surface area contributed by atoms with Gasteiger partial charge in [-0.2, -0.15) is 5.26 Å².